The van der Waals surface area contributed by atoms with Gasteiger partial charge in [0.15, 0.2) is 14.1 Å². The van der Waals surface area contributed by atoms with Crippen LogP contribution in [0, 0.1) is 0 Å². The quantitative estimate of drug-likeness (QED) is 0.145. The van der Waals surface area contributed by atoms with Gasteiger partial charge in [0.2, 0.25) is 0 Å². The van der Waals surface area contributed by atoms with Crippen LogP contribution in [0.15, 0.2) is 55.3 Å². The van der Waals surface area contributed by atoms with E-state index in [9.17, 15) is 9.59 Å². The zero-order chi connectivity index (χ0) is 37.6. The SMILES string of the molecule is C=CCOC(=O)Nc1cc(O[Si](C(C)C)(C(C)C)C(C)C)c(OC)cc1C(=O)N1C=C(c2ccc(CC)cc2)C[C@H]1CO[Si](C)(C)C(C)(C)C. The Morgan fingerprint density at radius 2 is 1.60 bits per heavy atom. The van der Waals surface area contributed by atoms with E-state index in [0.717, 1.165) is 17.6 Å². The lowest BCUT2D eigenvalue weighted by Gasteiger charge is -2.42. The molecule has 50 heavy (non-hydrogen) atoms. The van der Waals surface area contributed by atoms with Crippen molar-refractivity contribution in [1.29, 1.82) is 0 Å². The Kier molecular flexibility index (Phi) is 13.8. The molecule has 1 aliphatic rings. The fourth-order valence-corrected chi connectivity index (χ4v) is 13.0. The molecule has 0 bridgehead atoms. The number of carbonyl (C=O) groups is 2. The molecular formula is C40H62N2O6Si2. The number of anilines is 1. The summed E-state index contributed by atoms with van der Waals surface area (Å²) in [5, 5.41) is 2.85. The van der Waals surface area contributed by atoms with E-state index in [1.807, 2.05) is 6.20 Å². The first-order valence-corrected chi connectivity index (χ1v) is 23.1. The van der Waals surface area contributed by atoms with Crippen molar-refractivity contribution in [3.63, 3.8) is 0 Å². The van der Waals surface area contributed by atoms with Gasteiger partial charge in [-0.2, -0.15) is 0 Å². The molecule has 0 aliphatic carbocycles. The molecule has 1 heterocycles. The largest absolute Gasteiger partial charge is 0.540 e. The van der Waals surface area contributed by atoms with Crippen molar-refractivity contribution in [2.75, 3.05) is 25.6 Å². The zero-order valence-corrected chi connectivity index (χ0v) is 34.9. The number of benzene rings is 2. The van der Waals surface area contributed by atoms with Crippen LogP contribution in [-0.4, -0.2) is 59.9 Å². The molecule has 0 saturated carbocycles. The van der Waals surface area contributed by atoms with Gasteiger partial charge >= 0.3 is 6.09 Å². The van der Waals surface area contributed by atoms with Gasteiger partial charge in [-0.1, -0.05) is 106 Å². The molecule has 3 rings (SSSR count). The lowest BCUT2D eigenvalue weighted by atomic mass is 10.0. The second-order valence-corrected chi connectivity index (χ2v) is 26.0. The minimum Gasteiger partial charge on any atom is -0.540 e. The molecule has 8 nitrogen and oxygen atoms in total. The molecule has 0 aromatic heterocycles. The number of nitrogens with one attached hydrogen (secondary N) is 1. The van der Waals surface area contributed by atoms with Crippen LogP contribution in [0.3, 0.4) is 0 Å². The summed E-state index contributed by atoms with van der Waals surface area (Å²) >= 11 is 0. The first-order chi connectivity index (χ1) is 23.3. The Balaban J connectivity index is 2.18. The van der Waals surface area contributed by atoms with E-state index in [0.29, 0.717) is 41.2 Å². The Labute approximate surface area is 303 Å². The Morgan fingerprint density at radius 3 is 2.10 bits per heavy atom. The van der Waals surface area contributed by atoms with Crippen LogP contribution in [-0.2, 0) is 15.6 Å². The van der Waals surface area contributed by atoms with Gasteiger partial charge in [-0.3, -0.25) is 10.1 Å². The summed E-state index contributed by atoms with van der Waals surface area (Å²) in [5.41, 5.74) is 4.82. The predicted octanol–water partition coefficient (Wildman–Crippen LogP) is 10.8. The van der Waals surface area contributed by atoms with Crippen LogP contribution in [0.25, 0.3) is 5.57 Å². The Morgan fingerprint density at radius 1 is 1.00 bits per heavy atom. The van der Waals surface area contributed by atoms with Gasteiger partial charge in [0.25, 0.3) is 14.2 Å². The summed E-state index contributed by atoms with van der Waals surface area (Å²) in [6, 6.07) is 11.7. The van der Waals surface area contributed by atoms with E-state index >= 15 is 0 Å². The summed E-state index contributed by atoms with van der Waals surface area (Å²) in [6.45, 7) is 30.6. The van der Waals surface area contributed by atoms with Crippen molar-refractivity contribution < 1.29 is 27.9 Å². The number of amides is 2. The van der Waals surface area contributed by atoms with E-state index in [1.54, 1.807) is 24.1 Å². The van der Waals surface area contributed by atoms with Gasteiger partial charge in [0.1, 0.15) is 12.4 Å². The van der Waals surface area contributed by atoms with Crippen LogP contribution in [0.4, 0.5) is 10.5 Å². The van der Waals surface area contributed by atoms with Crippen molar-refractivity contribution in [2.24, 2.45) is 0 Å². The van der Waals surface area contributed by atoms with Gasteiger partial charge in [-0.15, -0.1) is 0 Å². The number of ether oxygens (including phenoxy) is 2. The molecule has 0 spiro atoms. The molecule has 0 saturated heterocycles. The van der Waals surface area contributed by atoms with Gasteiger partial charge in [0.05, 0.1) is 31.0 Å². The average molecular weight is 723 g/mol. The van der Waals surface area contributed by atoms with Crippen molar-refractivity contribution in [1.82, 2.24) is 4.90 Å². The zero-order valence-electron chi connectivity index (χ0n) is 32.9. The van der Waals surface area contributed by atoms with Crippen molar-refractivity contribution in [3.05, 3.63) is 71.9 Å². The molecule has 1 atom stereocenters. The van der Waals surface area contributed by atoms with E-state index in [2.05, 4.69) is 118 Å². The van der Waals surface area contributed by atoms with Crippen LogP contribution in [0.2, 0.25) is 34.8 Å². The molecule has 1 N–H and O–H groups in total. The smallest absolute Gasteiger partial charge is 0.411 e. The fourth-order valence-electron chi connectivity index (χ4n) is 6.75. The maximum Gasteiger partial charge on any atom is 0.411 e. The molecule has 10 heteroatoms. The maximum atomic E-state index is 14.8. The maximum absolute atomic E-state index is 14.8. The molecule has 0 fully saturated rings. The Bertz CT molecular complexity index is 1500. The van der Waals surface area contributed by atoms with Crippen molar-refractivity contribution in [3.8, 4) is 11.5 Å². The highest BCUT2D eigenvalue weighted by molar-refractivity contribution is 6.78. The summed E-state index contributed by atoms with van der Waals surface area (Å²) < 4.78 is 25.0. The normalized spacial score (nSPS) is 15.4. The van der Waals surface area contributed by atoms with Crippen molar-refractivity contribution >= 4 is 39.9 Å². The molecule has 2 aromatic carbocycles. The predicted molar refractivity (Wildman–Crippen MR) is 211 cm³/mol. The number of hydrogen-bond donors (Lipinski definition) is 1. The van der Waals surface area contributed by atoms with Crippen LogP contribution in [0.1, 0.15) is 97.1 Å². The van der Waals surface area contributed by atoms with Crippen LogP contribution < -0.4 is 14.5 Å². The fraction of sp³-hybridized carbons (Fsp3) is 0.550. The van der Waals surface area contributed by atoms with Crippen LogP contribution in [0.5, 0.6) is 11.5 Å². The third kappa shape index (κ3) is 9.11. The van der Waals surface area contributed by atoms with E-state index < -0.39 is 22.7 Å². The molecule has 0 radical (unpaired) electrons. The number of carbonyl (C=O) groups excluding carboxylic acids is 2. The third-order valence-corrected chi connectivity index (χ3v) is 21.1. The van der Waals surface area contributed by atoms with Gasteiger partial charge in [-0.25, -0.2) is 4.79 Å². The summed E-state index contributed by atoms with van der Waals surface area (Å²) in [7, 11) is -2.98. The van der Waals surface area contributed by atoms with Gasteiger partial charge < -0.3 is 23.2 Å². The highest BCUT2D eigenvalue weighted by Crippen LogP contribution is 2.46. The van der Waals surface area contributed by atoms with Gasteiger partial charge in [0, 0.05) is 12.3 Å². The second-order valence-electron chi connectivity index (χ2n) is 15.8. The van der Waals surface area contributed by atoms with E-state index in [-0.39, 0.29) is 34.8 Å². The Hall–Kier alpha value is -3.35. The van der Waals surface area contributed by atoms with E-state index in [1.165, 1.54) is 11.6 Å². The average Bonchev–Trinajstić information content (AvgIpc) is 3.48. The summed E-state index contributed by atoms with van der Waals surface area (Å²) in [6.07, 6.45) is 4.34. The first kappa shape index (κ1) is 41.1. The molecule has 2 amide bonds. The summed E-state index contributed by atoms with van der Waals surface area (Å²) in [5.74, 6) is 0.653. The first-order valence-electron chi connectivity index (χ1n) is 18.0. The third-order valence-electron chi connectivity index (χ3n) is 10.7. The molecule has 0 unspecified atom stereocenters. The number of nitrogens with zero attached hydrogens (tertiary/aromatic N) is 1. The molecular weight excluding hydrogens is 661 g/mol. The molecule has 2 aromatic rings. The topological polar surface area (TPSA) is 86.3 Å². The lowest BCUT2D eigenvalue weighted by molar-refractivity contribution is 0.0738. The number of rotatable bonds is 15. The van der Waals surface area contributed by atoms with E-state index in [4.69, 9.17) is 18.3 Å². The number of aryl methyl sites for hydroxylation is 1. The minimum absolute atomic E-state index is 0.0132. The summed E-state index contributed by atoms with van der Waals surface area (Å²) in [4.78, 5) is 29.6. The highest BCUT2D eigenvalue weighted by Gasteiger charge is 2.48. The molecule has 276 valence electrons. The van der Waals surface area contributed by atoms with Gasteiger partial charge in [-0.05, 0) is 70.4 Å². The number of hydrogen-bond acceptors (Lipinski definition) is 6. The van der Waals surface area contributed by atoms with Crippen molar-refractivity contribution in [2.45, 2.75) is 123 Å². The molecule has 1 aliphatic heterocycles. The second kappa shape index (κ2) is 16.8. The minimum atomic E-state index is -2.43. The number of methoxy groups -OCH3 is 1. The lowest BCUT2D eigenvalue weighted by Crippen LogP contribution is -2.50. The highest BCUT2D eigenvalue weighted by atomic mass is 28.4. The monoisotopic (exact) mass is 722 g/mol. The van der Waals surface area contributed by atoms with Crippen LogP contribution >= 0.6 is 0 Å². The standard InChI is InChI=1S/C40H62N2O6Si2/c1-15-21-46-39(44)41-35-24-37(48-50(27(3)4,28(5)6)29(7)8)36(45-12)23-34(35)38(43)42-25-32(31-19-17-30(16-2)18-20-31)22-33(42)26-47-49(13,14)40(9,10)11/h15,17-20,23-25,27-29,33H,1,16,21-22,26H2,2-14H3,(H,41,44)/t33-/m0/s1.